The molecule has 7 heteroatoms. The predicted molar refractivity (Wildman–Crippen MR) is 81.2 cm³/mol. The van der Waals surface area contributed by atoms with Crippen molar-refractivity contribution in [3.8, 4) is 0 Å². The Morgan fingerprint density at radius 1 is 1.29 bits per heavy atom. The minimum absolute atomic E-state index is 0.0777. The smallest absolute Gasteiger partial charge is 0.318 e. The second-order valence-electron chi connectivity index (χ2n) is 4.47. The van der Waals surface area contributed by atoms with Crippen LogP contribution in [-0.2, 0) is 13.1 Å². The minimum Gasteiger partial charge on any atom is -0.394 e. The van der Waals surface area contributed by atoms with Gasteiger partial charge in [-0.3, -0.25) is 4.68 Å². The van der Waals surface area contributed by atoms with Crippen LogP contribution in [0.4, 0.5) is 16.2 Å². The maximum absolute atomic E-state index is 11.2. The summed E-state index contributed by atoms with van der Waals surface area (Å²) in [7, 11) is 1.57. The van der Waals surface area contributed by atoms with Gasteiger partial charge in [0.2, 0.25) is 0 Å². The molecule has 112 valence electrons. The first-order valence-corrected chi connectivity index (χ1v) is 6.66. The van der Waals surface area contributed by atoms with E-state index in [4.69, 9.17) is 5.11 Å². The molecule has 2 amide bonds. The number of carbonyl (C=O) groups excluding carboxylic acids is 1. The van der Waals surface area contributed by atoms with Gasteiger partial charge in [0.1, 0.15) is 0 Å². The van der Waals surface area contributed by atoms with Crippen molar-refractivity contribution >= 4 is 17.4 Å². The quantitative estimate of drug-likeness (QED) is 0.644. The molecule has 4 N–H and O–H groups in total. The van der Waals surface area contributed by atoms with Crippen LogP contribution >= 0.6 is 0 Å². The van der Waals surface area contributed by atoms with Gasteiger partial charge >= 0.3 is 6.03 Å². The molecule has 0 spiro atoms. The molecule has 0 saturated heterocycles. The molecular weight excluding hydrogens is 270 g/mol. The number of nitrogens with zero attached hydrogens (tertiary/aromatic N) is 2. The number of aliphatic hydroxyl groups is 1. The number of rotatable bonds is 6. The highest BCUT2D eigenvalue weighted by Gasteiger charge is 2.00. The van der Waals surface area contributed by atoms with Gasteiger partial charge in [0, 0.05) is 36.7 Å². The number of amides is 2. The largest absolute Gasteiger partial charge is 0.394 e. The molecule has 2 aromatic rings. The lowest BCUT2D eigenvalue weighted by molar-refractivity contribution is 0.254. The number of anilines is 2. The van der Waals surface area contributed by atoms with Crippen molar-refractivity contribution in [1.29, 1.82) is 0 Å². The molecular formula is C14H19N5O2. The van der Waals surface area contributed by atoms with Crippen LogP contribution in [0.1, 0.15) is 5.56 Å². The van der Waals surface area contributed by atoms with Crippen LogP contribution in [0.25, 0.3) is 0 Å². The molecule has 0 aliphatic carbocycles. The number of benzene rings is 1. The third-order valence-electron chi connectivity index (χ3n) is 2.88. The Morgan fingerprint density at radius 3 is 2.67 bits per heavy atom. The van der Waals surface area contributed by atoms with E-state index in [0.29, 0.717) is 13.1 Å². The fourth-order valence-corrected chi connectivity index (χ4v) is 1.79. The van der Waals surface area contributed by atoms with Crippen LogP contribution in [0.5, 0.6) is 0 Å². The van der Waals surface area contributed by atoms with E-state index in [-0.39, 0.29) is 12.6 Å². The summed E-state index contributed by atoms with van der Waals surface area (Å²) in [6.07, 6.45) is 3.66. The fourth-order valence-electron chi connectivity index (χ4n) is 1.79. The number of carbonyl (C=O) groups is 1. The molecule has 1 aromatic carbocycles. The van der Waals surface area contributed by atoms with Crippen LogP contribution < -0.4 is 16.0 Å². The zero-order valence-electron chi connectivity index (χ0n) is 11.8. The van der Waals surface area contributed by atoms with Crippen molar-refractivity contribution in [2.75, 3.05) is 24.3 Å². The molecule has 1 aromatic heterocycles. The van der Waals surface area contributed by atoms with Gasteiger partial charge in [-0.05, 0) is 24.3 Å². The van der Waals surface area contributed by atoms with Crippen LogP contribution in [0, 0.1) is 0 Å². The van der Waals surface area contributed by atoms with Gasteiger partial charge in [-0.25, -0.2) is 4.79 Å². The van der Waals surface area contributed by atoms with Crippen LogP contribution in [0.2, 0.25) is 0 Å². The van der Waals surface area contributed by atoms with E-state index in [0.717, 1.165) is 16.9 Å². The van der Waals surface area contributed by atoms with E-state index in [1.807, 2.05) is 30.5 Å². The Bertz CT molecular complexity index is 579. The molecule has 0 aliphatic rings. The lowest BCUT2D eigenvalue weighted by Crippen LogP contribution is -2.24. The van der Waals surface area contributed by atoms with Crippen LogP contribution in [-0.4, -0.2) is 34.6 Å². The highest BCUT2D eigenvalue weighted by molar-refractivity contribution is 5.89. The summed E-state index contributed by atoms with van der Waals surface area (Å²) in [5.41, 5.74) is 2.72. The molecule has 0 radical (unpaired) electrons. The first kappa shape index (κ1) is 14.9. The molecule has 0 aliphatic heterocycles. The molecule has 0 unspecified atom stereocenters. The van der Waals surface area contributed by atoms with Gasteiger partial charge in [-0.2, -0.15) is 5.10 Å². The van der Waals surface area contributed by atoms with Crippen molar-refractivity contribution in [2.45, 2.75) is 13.1 Å². The Morgan fingerprint density at radius 2 is 2.00 bits per heavy atom. The van der Waals surface area contributed by atoms with Gasteiger partial charge in [-0.15, -0.1) is 0 Å². The van der Waals surface area contributed by atoms with Crippen LogP contribution in [0.15, 0.2) is 36.7 Å². The summed E-state index contributed by atoms with van der Waals surface area (Å²) in [6, 6.07) is 7.19. The Kier molecular flexibility index (Phi) is 5.16. The molecule has 1 heterocycles. The van der Waals surface area contributed by atoms with Crippen molar-refractivity contribution in [3.05, 3.63) is 42.2 Å². The summed E-state index contributed by atoms with van der Waals surface area (Å²) in [4.78, 5) is 11.2. The minimum atomic E-state index is -0.244. The summed E-state index contributed by atoms with van der Waals surface area (Å²) < 4.78 is 1.70. The number of hydrogen-bond donors (Lipinski definition) is 4. The summed E-state index contributed by atoms with van der Waals surface area (Å²) >= 11 is 0. The monoisotopic (exact) mass is 289 g/mol. The van der Waals surface area contributed by atoms with Gasteiger partial charge in [0.05, 0.1) is 19.3 Å². The van der Waals surface area contributed by atoms with Gasteiger partial charge in [-0.1, -0.05) is 0 Å². The van der Waals surface area contributed by atoms with Gasteiger partial charge in [0.15, 0.2) is 0 Å². The second kappa shape index (κ2) is 7.30. The lowest BCUT2D eigenvalue weighted by Gasteiger charge is -2.07. The topological polar surface area (TPSA) is 91.2 Å². The fraction of sp³-hybridized carbons (Fsp3) is 0.286. The zero-order chi connectivity index (χ0) is 15.1. The predicted octanol–water partition coefficient (Wildman–Crippen LogP) is 1.24. The SMILES string of the molecule is CNC(=O)Nc1ccc(NCc2cnn(CCO)c2)cc1. The Balaban J connectivity index is 1.86. The average molecular weight is 289 g/mol. The molecule has 0 bridgehead atoms. The standard InChI is InChI=1S/C14H19N5O2/c1-15-14(21)18-13-4-2-12(3-5-13)16-8-11-9-17-19(10-11)6-7-20/h2-5,9-10,16,20H,6-8H2,1H3,(H2,15,18,21). The molecule has 0 fully saturated rings. The highest BCUT2D eigenvalue weighted by Crippen LogP contribution is 2.14. The number of hydrogen-bond acceptors (Lipinski definition) is 4. The van der Waals surface area contributed by atoms with E-state index in [1.165, 1.54) is 0 Å². The second-order valence-corrected chi connectivity index (χ2v) is 4.47. The van der Waals surface area contributed by atoms with Crippen molar-refractivity contribution < 1.29 is 9.90 Å². The molecule has 2 rings (SSSR count). The van der Waals surface area contributed by atoms with E-state index in [2.05, 4.69) is 21.0 Å². The Labute approximate surface area is 123 Å². The molecule has 21 heavy (non-hydrogen) atoms. The van der Waals surface area contributed by atoms with E-state index in [1.54, 1.807) is 17.9 Å². The van der Waals surface area contributed by atoms with E-state index < -0.39 is 0 Å². The Hall–Kier alpha value is -2.54. The summed E-state index contributed by atoms with van der Waals surface area (Å²) in [5, 5.41) is 21.4. The normalized spacial score (nSPS) is 10.2. The molecule has 0 saturated carbocycles. The third-order valence-corrected chi connectivity index (χ3v) is 2.88. The maximum atomic E-state index is 11.2. The van der Waals surface area contributed by atoms with Gasteiger partial charge < -0.3 is 21.1 Å². The van der Waals surface area contributed by atoms with E-state index >= 15 is 0 Å². The van der Waals surface area contributed by atoms with Gasteiger partial charge in [0.25, 0.3) is 0 Å². The summed E-state index contributed by atoms with van der Waals surface area (Å²) in [6.45, 7) is 1.22. The molecule has 7 nitrogen and oxygen atoms in total. The number of urea groups is 1. The van der Waals surface area contributed by atoms with Crippen molar-refractivity contribution in [2.24, 2.45) is 0 Å². The average Bonchev–Trinajstić information content (AvgIpc) is 2.94. The zero-order valence-corrected chi connectivity index (χ0v) is 11.8. The first-order chi connectivity index (χ1) is 10.2. The maximum Gasteiger partial charge on any atom is 0.318 e. The lowest BCUT2D eigenvalue weighted by atomic mass is 10.2. The van der Waals surface area contributed by atoms with Crippen molar-refractivity contribution in [1.82, 2.24) is 15.1 Å². The molecule has 0 atom stereocenters. The van der Waals surface area contributed by atoms with Crippen molar-refractivity contribution in [3.63, 3.8) is 0 Å². The van der Waals surface area contributed by atoms with Crippen LogP contribution in [0.3, 0.4) is 0 Å². The number of aromatic nitrogens is 2. The first-order valence-electron chi connectivity index (χ1n) is 6.66. The highest BCUT2D eigenvalue weighted by atomic mass is 16.3. The third kappa shape index (κ3) is 4.50. The summed E-state index contributed by atoms with van der Waals surface area (Å²) in [5.74, 6) is 0. The van der Waals surface area contributed by atoms with E-state index in [9.17, 15) is 4.79 Å². The number of aliphatic hydroxyl groups excluding tert-OH is 1. The number of nitrogens with one attached hydrogen (secondary N) is 3.